The van der Waals surface area contributed by atoms with Gasteiger partial charge in [0.15, 0.2) is 0 Å². The maximum absolute atomic E-state index is 12.4. The van der Waals surface area contributed by atoms with Crippen LogP contribution in [0.3, 0.4) is 0 Å². The topological polar surface area (TPSA) is 40.6 Å². The molecule has 1 amide bonds. The van der Waals surface area contributed by atoms with Crippen molar-refractivity contribution >= 4 is 17.4 Å². The molecule has 20 heavy (non-hydrogen) atoms. The van der Waals surface area contributed by atoms with E-state index >= 15 is 0 Å². The molecule has 3 rings (SSSR count). The molecule has 1 aromatic rings. The van der Waals surface area contributed by atoms with Crippen molar-refractivity contribution < 1.29 is 9.59 Å². The molecule has 0 radical (unpaired) electrons. The number of fused-ring (bicyclic) bond motifs is 1. The van der Waals surface area contributed by atoms with Crippen molar-refractivity contribution in [1.82, 2.24) is 4.90 Å². The summed E-state index contributed by atoms with van der Waals surface area (Å²) in [6, 6.07) is 8.66. The van der Waals surface area contributed by atoms with Crippen LogP contribution in [0.2, 0.25) is 0 Å². The fourth-order valence-corrected chi connectivity index (χ4v) is 3.12. The van der Waals surface area contributed by atoms with Gasteiger partial charge in [-0.2, -0.15) is 0 Å². The molecular formula is C16H20N2O2. The molecule has 2 heterocycles. The summed E-state index contributed by atoms with van der Waals surface area (Å²) in [5, 5.41) is 0. The van der Waals surface area contributed by atoms with Crippen molar-refractivity contribution in [3.63, 3.8) is 0 Å². The van der Waals surface area contributed by atoms with Gasteiger partial charge < -0.3 is 9.80 Å². The van der Waals surface area contributed by atoms with Crippen molar-refractivity contribution in [1.29, 1.82) is 0 Å². The normalized spacial score (nSPS) is 22.1. The molecule has 0 bridgehead atoms. The Hall–Kier alpha value is -1.84. The number of rotatable bonds is 2. The van der Waals surface area contributed by atoms with Crippen LogP contribution in [-0.2, 0) is 16.0 Å². The zero-order chi connectivity index (χ0) is 14.1. The zero-order valence-electron chi connectivity index (χ0n) is 11.8. The van der Waals surface area contributed by atoms with Crippen LogP contribution < -0.4 is 4.90 Å². The average molecular weight is 272 g/mol. The minimum absolute atomic E-state index is 0.140. The van der Waals surface area contributed by atoms with Crippen LogP contribution in [0.25, 0.3) is 0 Å². The maximum Gasteiger partial charge on any atom is 0.242 e. The second kappa shape index (κ2) is 5.27. The summed E-state index contributed by atoms with van der Waals surface area (Å²) in [6.07, 6.45) is 2.03. The minimum atomic E-state index is 0.140. The van der Waals surface area contributed by atoms with E-state index in [0.29, 0.717) is 38.5 Å². The quantitative estimate of drug-likeness (QED) is 0.821. The minimum Gasteiger partial charge on any atom is -0.359 e. The number of piperidine rings is 1. The number of hydrogen-bond acceptors (Lipinski definition) is 3. The van der Waals surface area contributed by atoms with E-state index in [0.717, 1.165) is 6.42 Å². The van der Waals surface area contributed by atoms with Crippen LogP contribution in [0.15, 0.2) is 24.3 Å². The van der Waals surface area contributed by atoms with Gasteiger partial charge in [0.1, 0.15) is 5.78 Å². The highest BCUT2D eigenvalue weighted by molar-refractivity contribution is 5.86. The van der Waals surface area contributed by atoms with Crippen molar-refractivity contribution in [3.8, 4) is 0 Å². The smallest absolute Gasteiger partial charge is 0.242 e. The Labute approximate surface area is 119 Å². The van der Waals surface area contributed by atoms with Gasteiger partial charge in [-0.15, -0.1) is 0 Å². The van der Waals surface area contributed by atoms with E-state index in [4.69, 9.17) is 0 Å². The van der Waals surface area contributed by atoms with Gasteiger partial charge >= 0.3 is 0 Å². The molecule has 0 N–H and O–H groups in total. The number of ketones is 1. The molecule has 0 spiro atoms. The fraction of sp³-hybridized carbons (Fsp3) is 0.500. The molecule has 1 atom stereocenters. The first-order valence-electron chi connectivity index (χ1n) is 7.29. The van der Waals surface area contributed by atoms with E-state index in [1.807, 2.05) is 17.0 Å². The number of amides is 1. The molecule has 1 saturated heterocycles. The molecule has 0 saturated carbocycles. The van der Waals surface area contributed by atoms with Gasteiger partial charge in [0.2, 0.25) is 5.91 Å². The van der Waals surface area contributed by atoms with Gasteiger partial charge in [-0.25, -0.2) is 0 Å². The zero-order valence-corrected chi connectivity index (χ0v) is 11.8. The van der Waals surface area contributed by atoms with Crippen LogP contribution in [0.1, 0.15) is 25.3 Å². The van der Waals surface area contributed by atoms with Crippen LogP contribution in [-0.4, -0.2) is 42.3 Å². The second-order valence-corrected chi connectivity index (χ2v) is 5.73. The molecule has 1 unspecified atom stereocenters. The number of hydrogen-bond donors (Lipinski definition) is 0. The molecule has 1 fully saturated rings. The van der Waals surface area contributed by atoms with Gasteiger partial charge in [-0.1, -0.05) is 18.2 Å². The van der Waals surface area contributed by atoms with E-state index in [1.165, 1.54) is 11.3 Å². The highest BCUT2D eigenvalue weighted by atomic mass is 16.2. The summed E-state index contributed by atoms with van der Waals surface area (Å²) >= 11 is 0. The molecule has 0 aromatic heterocycles. The summed E-state index contributed by atoms with van der Waals surface area (Å²) in [5.74, 6) is 0.412. The van der Waals surface area contributed by atoms with Crippen molar-refractivity contribution in [2.75, 3.05) is 24.5 Å². The summed E-state index contributed by atoms with van der Waals surface area (Å²) in [5.41, 5.74) is 2.50. The Morgan fingerprint density at radius 3 is 2.70 bits per heavy atom. The largest absolute Gasteiger partial charge is 0.359 e. The predicted octanol–water partition coefficient (Wildman–Crippen LogP) is 1.63. The number of likely N-dealkylation sites (tertiary alicyclic amines) is 1. The monoisotopic (exact) mass is 272 g/mol. The molecule has 4 heteroatoms. The highest BCUT2D eigenvalue weighted by Crippen LogP contribution is 2.31. The summed E-state index contributed by atoms with van der Waals surface area (Å²) in [7, 11) is 0. The molecule has 2 aliphatic rings. The third kappa shape index (κ3) is 2.42. The molecule has 0 aliphatic carbocycles. The third-order valence-corrected chi connectivity index (χ3v) is 4.33. The fourth-order valence-electron chi connectivity index (χ4n) is 3.12. The number of Topliss-reactive ketones (excluding diaryl/α,β-unsaturated/α-hetero) is 1. The Morgan fingerprint density at radius 1 is 1.25 bits per heavy atom. The van der Waals surface area contributed by atoms with Crippen molar-refractivity contribution in [2.24, 2.45) is 0 Å². The predicted molar refractivity (Wildman–Crippen MR) is 77.8 cm³/mol. The van der Waals surface area contributed by atoms with E-state index in [1.54, 1.807) is 0 Å². The maximum atomic E-state index is 12.4. The number of anilines is 1. The second-order valence-electron chi connectivity index (χ2n) is 5.73. The van der Waals surface area contributed by atoms with Crippen molar-refractivity contribution in [3.05, 3.63) is 29.8 Å². The van der Waals surface area contributed by atoms with Crippen LogP contribution in [0.5, 0.6) is 0 Å². The summed E-state index contributed by atoms with van der Waals surface area (Å²) in [4.78, 5) is 27.6. The lowest BCUT2D eigenvalue weighted by Gasteiger charge is -2.30. The van der Waals surface area contributed by atoms with Crippen molar-refractivity contribution in [2.45, 2.75) is 32.2 Å². The standard InChI is InChI=1S/C16H20N2O2/c1-12-10-13-4-2-3-5-15(13)18(12)11-16(20)17-8-6-14(19)7-9-17/h2-5,12H,6-11H2,1H3. The molecule has 1 aromatic carbocycles. The molecule has 106 valence electrons. The first-order valence-corrected chi connectivity index (χ1v) is 7.29. The SMILES string of the molecule is CC1Cc2ccccc2N1CC(=O)N1CCC(=O)CC1. The number of benzene rings is 1. The van der Waals surface area contributed by atoms with Gasteiger partial charge in [-0.3, -0.25) is 9.59 Å². The average Bonchev–Trinajstić information content (AvgIpc) is 2.76. The van der Waals surface area contributed by atoms with E-state index < -0.39 is 0 Å². The number of carbonyl (C=O) groups excluding carboxylic acids is 2. The Balaban J connectivity index is 1.68. The number of para-hydroxylation sites is 1. The summed E-state index contributed by atoms with van der Waals surface area (Å²) < 4.78 is 0. The molecular weight excluding hydrogens is 252 g/mol. The van der Waals surface area contributed by atoms with E-state index in [9.17, 15) is 9.59 Å². The Kier molecular flexibility index (Phi) is 3.47. The third-order valence-electron chi connectivity index (χ3n) is 4.33. The molecule has 4 nitrogen and oxygen atoms in total. The van der Waals surface area contributed by atoms with Gasteiger partial charge in [0.05, 0.1) is 6.54 Å². The Bertz CT molecular complexity index is 531. The lowest BCUT2D eigenvalue weighted by Crippen LogP contribution is -2.45. The molecule has 2 aliphatic heterocycles. The van der Waals surface area contributed by atoms with E-state index in [2.05, 4.69) is 24.0 Å². The first kappa shape index (κ1) is 13.2. The van der Waals surface area contributed by atoms with Gasteiger partial charge in [0, 0.05) is 37.7 Å². The highest BCUT2D eigenvalue weighted by Gasteiger charge is 2.29. The number of nitrogens with zero attached hydrogens (tertiary/aromatic N) is 2. The first-order chi connectivity index (χ1) is 9.65. The lowest BCUT2D eigenvalue weighted by atomic mass is 10.1. The van der Waals surface area contributed by atoms with Crippen LogP contribution in [0.4, 0.5) is 5.69 Å². The van der Waals surface area contributed by atoms with Gasteiger partial charge in [0.25, 0.3) is 0 Å². The Morgan fingerprint density at radius 2 is 1.95 bits per heavy atom. The van der Waals surface area contributed by atoms with Crippen LogP contribution in [0, 0.1) is 0 Å². The van der Waals surface area contributed by atoms with Gasteiger partial charge in [-0.05, 0) is 25.0 Å². The van der Waals surface area contributed by atoms with E-state index in [-0.39, 0.29) is 11.7 Å². The summed E-state index contributed by atoms with van der Waals surface area (Å²) in [6.45, 7) is 3.75. The van der Waals surface area contributed by atoms with Crippen LogP contribution >= 0.6 is 0 Å². The lowest BCUT2D eigenvalue weighted by molar-refractivity contribution is -0.133. The number of carbonyl (C=O) groups is 2.